The molecule has 0 aromatic heterocycles. The molecule has 4 heteroatoms. The third-order valence-electron chi connectivity index (χ3n) is 4.00. The maximum Gasteiger partial charge on any atom is 0.259 e. The molecule has 0 unspecified atom stereocenters. The molecule has 24 heavy (non-hydrogen) atoms. The Bertz CT molecular complexity index is 811. The predicted octanol–water partition coefficient (Wildman–Crippen LogP) is 5.00. The number of para-hydroxylation sites is 1. The van der Waals surface area contributed by atoms with E-state index >= 15 is 0 Å². The van der Waals surface area contributed by atoms with Gasteiger partial charge in [0, 0.05) is 17.7 Å². The number of fused-ring (bicyclic) bond motifs is 1. The van der Waals surface area contributed by atoms with Gasteiger partial charge in [-0.3, -0.25) is 4.79 Å². The van der Waals surface area contributed by atoms with Crippen LogP contribution in [0.1, 0.15) is 25.0 Å². The van der Waals surface area contributed by atoms with Crippen molar-refractivity contribution in [3.8, 4) is 5.75 Å². The van der Waals surface area contributed by atoms with Gasteiger partial charge < -0.3 is 9.64 Å². The molecule has 0 spiro atoms. The van der Waals surface area contributed by atoms with Crippen molar-refractivity contribution in [2.75, 3.05) is 18.6 Å². The van der Waals surface area contributed by atoms with Crippen molar-refractivity contribution in [2.24, 2.45) is 5.92 Å². The molecule has 1 amide bonds. The van der Waals surface area contributed by atoms with E-state index in [1.807, 2.05) is 53.4 Å². The maximum atomic E-state index is 12.9. The third kappa shape index (κ3) is 3.11. The highest BCUT2D eigenvalue weighted by Gasteiger charge is 2.32. The minimum Gasteiger partial charge on any atom is -0.496 e. The van der Waals surface area contributed by atoms with E-state index in [1.165, 1.54) is 0 Å². The monoisotopic (exact) mass is 385 g/mol. The molecule has 1 aliphatic rings. The van der Waals surface area contributed by atoms with Gasteiger partial charge in [-0.2, -0.15) is 0 Å². The largest absolute Gasteiger partial charge is 0.496 e. The molecule has 3 nitrogen and oxygen atoms in total. The Hall–Kier alpha value is -2.07. The molecular formula is C20H20BrNO2. The minimum absolute atomic E-state index is 0.0665. The lowest BCUT2D eigenvalue weighted by Crippen LogP contribution is -2.30. The second-order valence-electron chi connectivity index (χ2n) is 6.28. The lowest BCUT2D eigenvalue weighted by Gasteiger charge is -2.19. The number of amides is 1. The van der Waals surface area contributed by atoms with Crippen molar-refractivity contribution in [3.05, 3.63) is 58.1 Å². The summed E-state index contributed by atoms with van der Waals surface area (Å²) in [4.78, 5) is 14.8. The first-order chi connectivity index (χ1) is 11.5. The van der Waals surface area contributed by atoms with Gasteiger partial charge >= 0.3 is 0 Å². The predicted molar refractivity (Wildman–Crippen MR) is 102 cm³/mol. The second kappa shape index (κ2) is 6.81. The summed E-state index contributed by atoms with van der Waals surface area (Å²) >= 11 is 3.50. The van der Waals surface area contributed by atoms with Crippen LogP contribution < -0.4 is 9.64 Å². The summed E-state index contributed by atoms with van der Waals surface area (Å²) in [5.41, 5.74) is 3.70. The first kappa shape index (κ1) is 16.8. The highest BCUT2D eigenvalue weighted by Crippen LogP contribution is 2.38. The van der Waals surface area contributed by atoms with Crippen molar-refractivity contribution >= 4 is 39.2 Å². The van der Waals surface area contributed by atoms with Crippen LogP contribution in [0.25, 0.3) is 11.6 Å². The van der Waals surface area contributed by atoms with Crippen molar-refractivity contribution in [1.82, 2.24) is 0 Å². The number of methoxy groups -OCH3 is 1. The van der Waals surface area contributed by atoms with Crippen molar-refractivity contribution in [3.63, 3.8) is 0 Å². The molecule has 124 valence electrons. The van der Waals surface area contributed by atoms with E-state index in [2.05, 4.69) is 29.8 Å². The summed E-state index contributed by atoms with van der Waals surface area (Å²) in [5, 5.41) is 0. The number of carbonyl (C=O) groups is 1. The molecule has 0 radical (unpaired) electrons. The Labute approximate surface area is 151 Å². The molecule has 3 rings (SSSR count). The van der Waals surface area contributed by atoms with Gasteiger partial charge in [0.25, 0.3) is 5.91 Å². The Balaban J connectivity index is 2.04. The van der Waals surface area contributed by atoms with E-state index in [-0.39, 0.29) is 5.91 Å². The number of benzene rings is 2. The van der Waals surface area contributed by atoms with Crippen LogP contribution in [0.15, 0.2) is 46.9 Å². The molecule has 2 aromatic rings. The van der Waals surface area contributed by atoms with Crippen LogP contribution in [0.5, 0.6) is 5.75 Å². The molecule has 0 aliphatic carbocycles. The van der Waals surface area contributed by atoms with Crippen LogP contribution in [0.2, 0.25) is 0 Å². The zero-order chi connectivity index (χ0) is 17.3. The van der Waals surface area contributed by atoms with Gasteiger partial charge in [-0.1, -0.05) is 38.1 Å². The Morgan fingerprint density at radius 1 is 1.21 bits per heavy atom. The van der Waals surface area contributed by atoms with Gasteiger partial charge in [0.2, 0.25) is 0 Å². The number of carbonyl (C=O) groups excluding carboxylic acids is 1. The van der Waals surface area contributed by atoms with Gasteiger partial charge in [-0.15, -0.1) is 0 Å². The fourth-order valence-electron chi connectivity index (χ4n) is 2.93. The van der Waals surface area contributed by atoms with E-state index in [4.69, 9.17) is 4.74 Å². The van der Waals surface area contributed by atoms with E-state index in [9.17, 15) is 4.79 Å². The summed E-state index contributed by atoms with van der Waals surface area (Å²) in [7, 11) is 1.64. The highest BCUT2D eigenvalue weighted by molar-refractivity contribution is 9.10. The van der Waals surface area contributed by atoms with Crippen LogP contribution in [-0.4, -0.2) is 19.6 Å². The van der Waals surface area contributed by atoms with Crippen LogP contribution in [0.3, 0.4) is 0 Å². The fourth-order valence-corrected chi connectivity index (χ4v) is 3.49. The molecule has 0 N–H and O–H groups in total. The van der Waals surface area contributed by atoms with Gasteiger partial charge in [0.15, 0.2) is 0 Å². The van der Waals surface area contributed by atoms with Crippen LogP contribution in [-0.2, 0) is 4.79 Å². The SMILES string of the molecule is COc1ccc(/C=C2\C(=O)N(CC(C)C)c3ccccc32)cc1Br. The Morgan fingerprint density at radius 2 is 1.96 bits per heavy atom. The number of ether oxygens (including phenoxy) is 1. The number of rotatable bonds is 4. The average Bonchev–Trinajstić information content (AvgIpc) is 2.81. The summed E-state index contributed by atoms with van der Waals surface area (Å²) in [5.74, 6) is 1.25. The maximum absolute atomic E-state index is 12.9. The highest BCUT2D eigenvalue weighted by atomic mass is 79.9. The van der Waals surface area contributed by atoms with Gasteiger partial charge in [0.1, 0.15) is 5.75 Å². The zero-order valence-electron chi connectivity index (χ0n) is 14.0. The van der Waals surface area contributed by atoms with Crippen LogP contribution in [0.4, 0.5) is 5.69 Å². The Morgan fingerprint density at radius 3 is 2.62 bits per heavy atom. The molecule has 0 bridgehead atoms. The van der Waals surface area contributed by atoms with Crippen molar-refractivity contribution < 1.29 is 9.53 Å². The molecule has 1 heterocycles. The van der Waals surface area contributed by atoms with E-state index in [1.54, 1.807) is 7.11 Å². The number of hydrogen-bond donors (Lipinski definition) is 0. The van der Waals surface area contributed by atoms with E-state index in [0.29, 0.717) is 5.92 Å². The Kier molecular flexibility index (Phi) is 4.76. The number of nitrogens with zero attached hydrogens (tertiary/aromatic N) is 1. The van der Waals surface area contributed by atoms with Gasteiger partial charge in [0.05, 0.1) is 17.3 Å². The summed E-state index contributed by atoms with van der Waals surface area (Å²) in [6.07, 6.45) is 1.95. The fraction of sp³-hybridized carbons (Fsp3) is 0.250. The lowest BCUT2D eigenvalue weighted by atomic mass is 10.0. The molecule has 2 aromatic carbocycles. The van der Waals surface area contributed by atoms with Gasteiger partial charge in [-0.05, 0) is 51.7 Å². The average molecular weight is 386 g/mol. The molecular weight excluding hydrogens is 366 g/mol. The normalized spacial score (nSPS) is 15.3. The minimum atomic E-state index is 0.0665. The molecule has 0 saturated carbocycles. The molecule has 0 saturated heterocycles. The van der Waals surface area contributed by atoms with Gasteiger partial charge in [-0.25, -0.2) is 0 Å². The second-order valence-corrected chi connectivity index (χ2v) is 7.13. The summed E-state index contributed by atoms with van der Waals surface area (Å²) in [6, 6.07) is 13.8. The van der Waals surface area contributed by atoms with Crippen molar-refractivity contribution in [2.45, 2.75) is 13.8 Å². The van der Waals surface area contributed by atoms with Crippen molar-refractivity contribution in [1.29, 1.82) is 0 Å². The van der Waals surface area contributed by atoms with Crippen LogP contribution in [0, 0.1) is 5.92 Å². The summed E-state index contributed by atoms with van der Waals surface area (Å²) in [6.45, 7) is 4.97. The third-order valence-corrected chi connectivity index (χ3v) is 4.61. The standard InChI is InChI=1S/C20H20BrNO2/c1-13(2)12-22-18-7-5-4-6-15(18)16(20(22)23)10-14-8-9-19(24-3)17(21)11-14/h4-11,13H,12H2,1-3H3/b16-10-. The first-order valence-corrected chi connectivity index (χ1v) is 8.77. The number of halogens is 1. The van der Waals surface area contributed by atoms with E-state index < -0.39 is 0 Å². The quantitative estimate of drug-likeness (QED) is 0.692. The smallest absolute Gasteiger partial charge is 0.259 e. The molecule has 0 fully saturated rings. The zero-order valence-corrected chi connectivity index (χ0v) is 15.6. The topological polar surface area (TPSA) is 29.5 Å². The first-order valence-electron chi connectivity index (χ1n) is 7.97. The lowest BCUT2D eigenvalue weighted by molar-refractivity contribution is -0.113. The molecule has 0 atom stereocenters. The van der Waals surface area contributed by atoms with E-state index in [0.717, 1.165) is 39.2 Å². The summed E-state index contributed by atoms with van der Waals surface area (Å²) < 4.78 is 6.14. The number of hydrogen-bond acceptors (Lipinski definition) is 2. The van der Waals surface area contributed by atoms with Crippen LogP contribution >= 0.6 is 15.9 Å². The number of anilines is 1. The molecule has 1 aliphatic heterocycles.